The Labute approximate surface area is 114 Å². The molecule has 0 saturated heterocycles. The van der Waals surface area contributed by atoms with Gasteiger partial charge in [-0.1, -0.05) is 0 Å². The molecule has 6 heteroatoms. The minimum atomic E-state index is -0.489. The summed E-state index contributed by atoms with van der Waals surface area (Å²) < 4.78 is 12.5. The first kappa shape index (κ1) is 16.1. The van der Waals surface area contributed by atoms with Crippen LogP contribution in [0.4, 0.5) is 0 Å². The Morgan fingerprint density at radius 1 is 1.37 bits per heavy atom. The van der Waals surface area contributed by atoms with E-state index in [1.54, 1.807) is 6.20 Å². The van der Waals surface area contributed by atoms with E-state index < -0.39 is 6.10 Å². The van der Waals surface area contributed by atoms with Gasteiger partial charge in [0.2, 0.25) is 0 Å². The number of nitrogens with zero attached hydrogens (tertiary/aromatic N) is 2. The van der Waals surface area contributed by atoms with Crippen LogP contribution < -0.4 is 5.32 Å². The van der Waals surface area contributed by atoms with E-state index in [2.05, 4.69) is 10.4 Å². The van der Waals surface area contributed by atoms with Gasteiger partial charge in [0.05, 0.1) is 38.6 Å². The Bertz CT molecular complexity index is 304. The molecule has 1 rings (SSSR count). The fourth-order valence-electron chi connectivity index (χ4n) is 1.52. The molecule has 0 aliphatic rings. The average molecular weight is 271 g/mol. The molecule has 0 radical (unpaired) electrons. The Kier molecular flexibility index (Phi) is 8.40. The predicted molar refractivity (Wildman–Crippen MR) is 73.0 cm³/mol. The predicted octanol–water partition coefficient (Wildman–Crippen LogP) is 0.275. The van der Waals surface area contributed by atoms with Crippen LogP contribution in [0.5, 0.6) is 0 Å². The first-order valence-corrected chi connectivity index (χ1v) is 6.74. The van der Waals surface area contributed by atoms with Crippen molar-refractivity contribution in [2.24, 2.45) is 0 Å². The van der Waals surface area contributed by atoms with Gasteiger partial charge in [0, 0.05) is 25.5 Å². The van der Waals surface area contributed by atoms with E-state index in [4.69, 9.17) is 9.47 Å². The lowest BCUT2D eigenvalue weighted by Gasteiger charge is -2.13. The highest BCUT2D eigenvalue weighted by Crippen LogP contribution is 1.89. The van der Waals surface area contributed by atoms with Crippen molar-refractivity contribution in [1.29, 1.82) is 0 Å². The second-order valence-electron chi connectivity index (χ2n) is 4.62. The maximum absolute atomic E-state index is 9.66. The number of rotatable bonds is 11. The summed E-state index contributed by atoms with van der Waals surface area (Å²) in [6, 6.07) is 1.89. The third kappa shape index (κ3) is 8.72. The van der Waals surface area contributed by atoms with Crippen molar-refractivity contribution in [1.82, 2.24) is 15.1 Å². The van der Waals surface area contributed by atoms with Crippen LogP contribution in [0.25, 0.3) is 0 Å². The largest absolute Gasteiger partial charge is 0.389 e. The van der Waals surface area contributed by atoms with Gasteiger partial charge in [-0.05, 0) is 19.9 Å². The topological polar surface area (TPSA) is 68.5 Å². The fourth-order valence-corrected chi connectivity index (χ4v) is 1.52. The van der Waals surface area contributed by atoms with Crippen molar-refractivity contribution in [3.8, 4) is 0 Å². The van der Waals surface area contributed by atoms with Crippen molar-refractivity contribution in [2.75, 3.05) is 32.9 Å². The van der Waals surface area contributed by atoms with Gasteiger partial charge in [-0.3, -0.25) is 4.68 Å². The molecule has 0 fully saturated rings. The zero-order valence-electron chi connectivity index (χ0n) is 11.8. The Hall–Kier alpha value is -0.950. The maximum Gasteiger partial charge on any atom is 0.0897 e. The average Bonchev–Trinajstić information content (AvgIpc) is 2.87. The van der Waals surface area contributed by atoms with Crippen LogP contribution in [0.15, 0.2) is 18.5 Å². The first-order valence-electron chi connectivity index (χ1n) is 6.74. The molecule has 1 aromatic rings. The van der Waals surface area contributed by atoms with Crippen LogP contribution in [0.2, 0.25) is 0 Å². The second-order valence-corrected chi connectivity index (χ2v) is 4.62. The van der Waals surface area contributed by atoms with Crippen LogP contribution in [0.1, 0.15) is 13.8 Å². The van der Waals surface area contributed by atoms with E-state index in [1.807, 2.05) is 30.8 Å². The number of aliphatic hydroxyl groups excluding tert-OH is 1. The fraction of sp³-hybridized carbons (Fsp3) is 0.769. The molecule has 0 aliphatic carbocycles. The number of aromatic nitrogens is 2. The number of nitrogens with one attached hydrogen (secondary N) is 1. The van der Waals surface area contributed by atoms with Gasteiger partial charge in [0.15, 0.2) is 0 Å². The molecule has 0 aliphatic heterocycles. The third-order valence-corrected chi connectivity index (χ3v) is 2.45. The molecule has 1 unspecified atom stereocenters. The molecule has 0 bridgehead atoms. The third-order valence-electron chi connectivity index (χ3n) is 2.45. The number of hydrogen-bond donors (Lipinski definition) is 2. The van der Waals surface area contributed by atoms with Crippen LogP contribution in [0.3, 0.4) is 0 Å². The van der Waals surface area contributed by atoms with Crippen molar-refractivity contribution >= 4 is 0 Å². The number of hydrogen-bond acceptors (Lipinski definition) is 5. The molecule has 2 N–H and O–H groups in total. The molecule has 19 heavy (non-hydrogen) atoms. The van der Waals surface area contributed by atoms with Crippen molar-refractivity contribution in [3.05, 3.63) is 18.5 Å². The van der Waals surface area contributed by atoms with E-state index in [9.17, 15) is 5.11 Å². The summed E-state index contributed by atoms with van der Waals surface area (Å²) in [6.07, 6.45) is 3.40. The van der Waals surface area contributed by atoms with Gasteiger partial charge < -0.3 is 19.9 Å². The van der Waals surface area contributed by atoms with Gasteiger partial charge in [0.25, 0.3) is 0 Å². The lowest BCUT2D eigenvalue weighted by molar-refractivity contribution is -0.00995. The molecule has 6 nitrogen and oxygen atoms in total. The van der Waals surface area contributed by atoms with Gasteiger partial charge in [-0.2, -0.15) is 5.10 Å². The van der Waals surface area contributed by atoms with Crippen LogP contribution in [-0.2, 0) is 16.0 Å². The Morgan fingerprint density at radius 3 is 2.89 bits per heavy atom. The molecule has 110 valence electrons. The highest BCUT2D eigenvalue weighted by Gasteiger charge is 2.03. The van der Waals surface area contributed by atoms with E-state index in [-0.39, 0.29) is 6.10 Å². The molecule has 1 aromatic heterocycles. The monoisotopic (exact) mass is 271 g/mol. The number of aliphatic hydroxyl groups is 1. The normalized spacial score (nSPS) is 13.1. The summed E-state index contributed by atoms with van der Waals surface area (Å²) in [5.41, 5.74) is 0. The minimum absolute atomic E-state index is 0.220. The molecular weight excluding hydrogens is 246 g/mol. The standard InChI is InChI=1S/C13H25N3O3/c1-12(2)19-9-8-18-11-13(17)10-14-5-7-16-6-3-4-15-16/h3-4,6,12-14,17H,5,7-11H2,1-2H3. The van der Waals surface area contributed by atoms with Crippen LogP contribution >= 0.6 is 0 Å². The Balaban J connectivity index is 1.89. The molecule has 0 spiro atoms. The zero-order valence-corrected chi connectivity index (χ0v) is 11.8. The molecule has 1 heterocycles. The lowest BCUT2D eigenvalue weighted by atomic mass is 10.4. The van der Waals surface area contributed by atoms with Crippen LogP contribution in [-0.4, -0.2) is 60.0 Å². The molecular formula is C13H25N3O3. The van der Waals surface area contributed by atoms with Crippen molar-refractivity contribution < 1.29 is 14.6 Å². The first-order chi connectivity index (χ1) is 9.18. The quantitative estimate of drug-likeness (QED) is 0.566. The zero-order chi connectivity index (χ0) is 13.9. The number of ether oxygens (including phenoxy) is 2. The lowest BCUT2D eigenvalue weighted by Crippen LogP contribution is -2.32. The van der Waals surface area contributed by atoms with Gasteiger partial charge in [-0.25, -0.2) is 0 Å². The second kappa shape index (κ2) is 9.91. The summed E-state index contributed by atoms with van der Waals surface area (Å²) >= 11 is 0. The SMILES string of the molecule is CC(C)OCCOCC(O)CNCCn1cccn1. The highest BCUT2D eigenvalue weighted by molar-refractivity contribution is 4.77. The maximum atomic E-state index is 9.66. The van der Waals surface area contributed by atoms with Gasteiger partial charge in [-0.15, -0.1) is 0 Å². The summed E-state index contributed by atoms with van der Waals surface area (Å²) in [6.45, 7) is 7.47. The van der Waals surface area contributed by atoms with E-state index >= 15 is 0 Å². The van der Waals surface area contributed by atoms with E-state index in [1.165, 1.54) is 0 Å². The van der Waals surface area contributed by atoms with Crippen molar-refractivity contribution in [2.45, 2.75) is 32.6 Å². The Morgan fingerprint density at radius 2 is 2.21 bits per heavy atom. The smallest absolute Gasteiger partial charge is 0.0897 e. The summed E-state index contributed by atoms with van der Waals surface area (Å²) in [5, 5.41) is 16.9. The van der Waals surface area contributed by atoms with E-state index in [0.29, 0.717) is 26.4 Å². The van der Waals surface area contributed by atoms with Gasteiger partial charge >= 0.3 is 0 Å². The van der Waals surface area contributed by atoms with Crippen LogP contribution in [0, 0.1) is 0 Å². The highest BCUT2D eigenvalue weighted by atomic mass is 16.5. The summed E-state index contributed by atoms with van der Waals surface area (Å²) in [4.78, 5) is 0. The summed E-state index contributed by atoms with van der Waals surface area (Å²) in [7, 11) is 0. The molecule has 0 aromatic carbocycles. The molecule has 0 amide bonds. The van der Waals surface area contributed by atoms with Gasteiger partial charge in [0.1, 0.15) is 0 Å². The van der Waals surface area contributed by atoms with Crippen molar-refractivity contribution in [3.63, 3.8) is 0 Å². The molecule has 1 atom stereocenters. The summed E-state index contributed by atoms with van der Waals surface area (Å²) in [5.74, 6) is 0. The molecule has 0 saturated carbocycles. The van der Waals surface area contributed by atoms with E-state index in [0.717, 1.165) is 13.1 Å². The minimum Gasteiger partial charge on any atom is -0.389 e.